The first-order chi connectivity index (χ1) is 15.9. The van der Waals surface area contributed by atoms with Gasteiger partial charge in [0, 0.05) is 5.56 Å². The van der Waals surface area contributed by atoms with Crippen LogP contribution in [0.4, 0.5) is 0 Å². The van der Waals surface area contributed by atoms with Gasteiger partial charge in [-0.15, -0.1) is 0 Å². The zero-order valence-corrected chi connectivity index (χ0v) is 20.0. The number of thioether (sulfide) groups is 1. The van der Waals surface area contributed by atoms with Crippen molar-refractivity contribution in [2.45, 2.75) is 13.5 Å². The third kappa shape index (κ3) is 5.27. The summed E-state index contributed by atoms with van der Waals surface area (Å²) in [6.45, 7) is 2.44. The van der Waals surface area contributed by atoms with E-state index in [1.807, 2.05) is 55.5 Å². The Kier molecular flexibility index (Phi) is 7.13. The molecular formula is C25H19ClN2O3S2. The summed E-state index contributed by atoms with van der Waals surface area (Å²) in [6, 6.07) is 22.1. The summed E-state index contributed by atoms with van der Waals surface area (Å²) in [5.74, 6) is -0.287. The zero-order chi connectivity index (χ0) is 23.4. The van der Waals surface area contributed by atoms with E-state index in [-0.39, 0.29) is 14.9 Å². The lowest BCUT2D eigenvalue weighted by atomic mass is 10.1. The van der Waals surface area contributed by atoms with E-state index in [0.717, 1.165) is 33.5 Å². The minimum absolute atomic E-state index is 0.227. The zero-order valence-electron chi connectivity index (χ0n) is 17.6. The van der Waals surface area contributed by atoms with E-state index >= 15 is 0 Å². The van der Waals surface area contributed by atoms with E-state index in [1.54, 1.807) is 30.3 Å². The lowest BCUT2D eigenvalue weighted by Gasteiger charge is -2.16. The fraction of sp³-hybridized carbons (Fsp3) is 0.0800. The molecule has 0 aromatic heterocycles. The second-order valence-electron chi connectivity index (χ2n) is 7.19. The van der Waals surface area contributed by atoms with Crippen molar-refractivity contribution in [1.82, 2.24) is 10.4 Å². The Morgan fingerprint density at radius 3 is 2.58 bits per heavy atom. The number of para-hydroxylation sites is 1. The molecule has 0 atom stereocenters. The number of rotatable bonds is 6. The molecule has 1 heterocycles. The predicted octanol–water partition coefficient (Wildman–Crippen LogP) is 5.77. The smallest absolute Gasteiger partial charge is 0.285 e. The Bertz CT molecular complexity index is 1280. The average Bonchev–Trinajstić information content (AvgIpc) is 3.07. The molecular weight excluding hydrogens is 476 g/mol. The van der Waals surface area contributed by atoms with Crippen molar-refractivity contribution in [2.75, 3.05) is 0 Å². The fourth-order valence-electron chi connectivity index (χ4n) is 3.17. The number of aryl methyl sites for hydroxylation is 1. The maximum Gasteiger partial charge on any atom is 0.285 e. The maximum atomic E-state index is 13.0. The number of benzene rings is 3. The van der Waals surface area contributed by atoms with Gasteiger partial charge in [0.1, 0.15) is 12.4 Å². The van der Waals surface area contributed by atoms with E-state index in [0.29, 0.717) is 17.3 Å². The highest BCUT2D eigenvalue weighted by Gasteiger charge is 2.34. The lowest BCUT2D eigenvalue weighted by Crippen LogP contribution is -2.44. The Balaban J connectivity index is 1.51. The number of hydrogen-bond donors (Lipinski definition) is 1. The summed E-state index contributed by atoms with van der Waals surface area (Å²) in [7, 11) is 0. The third-order valence-corrected chi connectivity index (χ3v) is 6.61. The molecule has 1 aliphatic rings. The number of nitrogens with zero attached hydrogens (tertiary/aromatic N) is 1. The second kappa shape index (κ2) is 10.2. The molecule has 5 nitrogen and oxygen atoms in total. The first kappa shape index (κ1) is 23.0. The van der Waals surface area contributed by atoms with Gasteiger partial charge in [0.05, 0.1) is 15.5 Å². The Labute approximate surface area is 206 Å². The van der Waals surface area contributed by atoms with Gasteiger partial charge in [0.2, 0.25) is 0 Å². The quantitative estimate of drug-likeness (QED) is 0.348. The van der Waals surface area contributed by atoms with E-state index < -0.39 is 11.8 Å². The third-order valence-electron chi connectivity index (χ3n) is 4.98. The summed E-state index contributed by atoms with van der Waals surface area (Å²) < 4.78 is 6.27. The number of halogens is 1. The van der Waals surface area contributed by atoms with Crippen molar-refractivity contribution in [3.05, 3.63) is 105 Å². The summed E-state index contributed by atoms with van der Waals surface area (Å²) in [4.78, 5) is 25.9. The van der Waals surface area contributed by atoms with Crippen LogP contribution in [0.25, 0.3) is 6.08 Å². The van der Waals surface area contributed by atoms with E-state index in [1.165, 1.54) is 0 Å². The van der Waals surface area contributed by atoms with Gasteiger partial charge >= 0.3 is 0 Å². The van der Waals surface area contributed by atoms with Gasteiger partial charge in [-0.3, -0.25) is 15.0 Å². The summed E-state index contributed by atoms with van der Waals surface area (Å²) in [5.41, 5.74) is 5.77. The standard InChI is InChI=1S/C25H19ClN2O3S2/c1-16-8-2-3-10-18(16)15-31-21-13-7-4-9-17(21)14-22-24(30)28(25(32)33-22)27-23(29)19-11-5-6-12-20(19)26/h2-14H,15H2,1H3,(H,27,29)/b22-14+. The van der Waals surface area contributed by atoms with E-state index in [9.17, 15) is 9.59 Å². The van der Waals surface area contributed by atoms with Crippen molar-refractivity contribution >= 4 is 57.8 Å². The van der Waals surface area contributed by atoms with Crippen LogP contribution >= 0.6 is 35.6 Å². The first-order valence-corrected chi connectivity index (χ1v) is 11.6. The molecule has 1 saturated heterocycles. The molecule has 1 aliphatic heterocycles. The summed E-state index contributed by atoms with van der Waals surface area (Å²) in [6.07, 6.45) is 1.72. The van der Waals surface area contributed by atoms with Crippen LogP contribution < -0.4 is 10.2 Å². The average molecular weight is 495 g/mol. The molecule has 0 unspecified atom stereocenters. The minimum atomic E-state index is -0.514. The number of amides is 2. The molecule has 1 N–H and O–H groups in total. The number of nitrogens with one attached hydrogen (secondary N) is 1. The number of ether oxygens (including phenoxy) is 1. The van der Waals surface area contributed by atoms with Crippen LogP contribution in [0.2, 0.25) is 5.02 Å². The molecule has 0 spiro atoms. The predicted molar refractivity (Wildman–Crippen MR) is 136 cm³/mol. The Morgan fingerprint density at radius 1 is 1.09 bits per heavy atom. The molecule has 4 rings (SSSR count). The van der Waals surface area contributed by atoms with Crippen LogP contribution in [0.5, 0.6) is 5.75 Å². The molecule has 3 aromatic carbocycles. The highest BCUT2D eigenvalue weighted by molar-refractivity contribution is 8.26. The van der Waals surface area contributed by atoms with Crippen molar-refractivity contribution in [3.63, 3.8) is 0 Å². The van der Waals surface area contributed by atoms with Crippen molar-refractivity contribution in [1.29, 1.82) is 0 Å². The number of hydrazine groups is 1. The van der Waals surface area contributed by atoms with Gasteiger partial charge < -0.3 is 4.74 Å². The van der Waals surface area contributed by atoms with Crippen molar-refractivity contribution in [3.8, 4) is 5.75 Å². The van der Waals surface area contributed by atoms with Crippen molar-refractivity contribution < 1.29 is 14.3 Å². The Hall–Kier alpha value is -3.13. The van der Waals surface area contributed by atoms with Crippen molar-refractivity contribution in [2.24, 2.45) is 0 Å². The van der Waals surface area contributed by atoms with E-state index in [2.05, 4.69) is 5.43 Å². The monoisotopic (exact) mass is 494 g/mol. The fourth-order valence-corrected chi connectivity index (χ4v) is 4.56. The van der Waals surface area contributed by atoms with Gasteiger partial charge in [-0.25, -0.2) is 0 Å². The largest absolute Gasteiger partial charge is 0.488 e. The van der Waals surface area contributed by atoms with E-state index in [4.69, 9.17) is 28.6 Å². The lowest BCUT2D eigenvalue weighted by molar-refractivity contribution is -0.123. The van der Waals surface area contributed by atoms with Crippen LogP contribution in [-0.2, 0) is 11.4 Å². The van der Waals surface area contributed by atoms with Crippen LogP contribution in [0.1, 0.15) is 27.0 Å². The molecule has 33 heavy (non-hydrogen) atoms. The summed E-state index contributed by atoms with van der Waals surface area (Å²) >= 11 is 12.5. The Morgan fingerprint density at radius 2 is 1.79 bits per heavy atom. The summed E-state index contributed by atoms with van der Waals surface area (Å²) in [5, 5.41) is 1.35. The number of thiocarbonyl (C=S) groups is 1. The van der Waals surface area contributed by atoms with Crippen LogP contribution in [-0.4, -0.2) is 21.1 Å². The molecule has 3 aromatic rings. The number of carbonyl (C=O) groups is 2. The molecule has 0 saturated carbocycles. The molecule has 8 heteroatoms. The highest BCUT2D eigenvalue weighted by Crippen LogP contribution is 2.33. The van der Waals surface area contributed by atoms with Gasteiger partial charge in [-0.05, 0) is 54.5 Å². The highest BCUT2D eigenvalue weighted by atomic mass is 35.5. The van der Waals surface area contributed by atoms with Crippen LogP contribution in [0, 0.1) is 6.92 Å². The molecule has 1 fully saturated rings. The second-order valence-corrected chi connectivity index (χ2v) is 9.27. The first-order valence-electron chi connectivity index (χ1n) is 10.0. The topological polar surface area (TPSA) is 58.6 Å². The van der Waals surface area contributed by atoms with Gasteiger partial charge in [-0.2, -0.15) is 5.01 Å². The number of hydrogen-bond acceptors (Lipinski definition) is 5. The molecule has 166 valence electrons. The van der Waals surface area contributed by atoms with Gasteiger partial charge in [0.25, 0.3) is 11.8 Å². The van der Waals surface area contributed by atoms with Crippen LogP contribution in [0.3, 0.4) is 0 Å². The molecule has 0 bridgehead atoms. The van der Waals surface area contributed by atoms with Gasteiger partial charge in [-0.1, -0.05) is 78.0 Å². The van der Waals surface area contributed by atoms with Crippen LogP contribution in [0.15, 0.2) is 77.7 Å². The minimum Gasteiger partial charge on any atom is -0.488 e. The normalized spacial score (nSPS) is 14.6. The molecule has 0 radical (unpaired) electrons. The maximum absolute atomic E-state index is 13.0. The SMILES string of the molecule is Cc1ccccc1COc1ccccc1/C=C1/SC(=S)N(NC(=O)c2ccccc2Cl)C1=O. The molecule has 2 amide bonds. The van der Waals surface area contributed by atoms with Gasteiger partial charge in [0.15, 0.2) is 4.32 Å². The molecule has 0 aliphatic carbocycles. The number of carbonyl (C=O) groups excluding carboxylic acids is 2.